The second kappa shape index (κ2) is 3.71. The molecule has 0 heterocycles. The second-order valence-corrected chi connectivity index (χ2v) is 2.13. The van der Waals surface area contributed by atoms with Crippen LogP contribution in [0.15, 0.2) is 24.3 Å². The Labute approximate surface area is 64.0 Å². The third-order valence-corrected chi connectivity index (χ3v) is 1.30. The average Bonchev–Trinajstić information content (AvgIpc) is 2.04. The fourth-order valence-corrected chi connectivity index (χ4v) is 0.762. The van der Waals surface area contributed by atoms with Gasteiger partial charge in [0.25, 0.3) is 0 Å². The van der Waals surface area contributed by atoms with Gasteiger partial charge in [-0.05, 0) is 17.7 Å². The number of benzene rings is 1. The molecule has 0 aliphatic rings. The van der Waals surface area contributed by atoms with E-state index in [1.54, 1.807) is 12.1 Å². The van der Waals surface area contributed by atoms with Crippen molar-refractivity contribution in [2.45, 2.75) is 6.54 Å². The normalized spacial score (nSPS) is 9.18. The molecule has 0 saturated carbocycles. The summed E-state index contributed by atoms with van der Waals surface area (Å²) in [5, 5.41) is 2.48. The lowest BCUT2D eigenvalue weighted by molar-refractivity contribution is -0.109. The minimum atomic E-state index is -0.264. The van der Waals surface area contributed by atoms with Gasteiger partial charge in [0.05, 0.1) is 0 Å². The first-order valence-corrected chi connectivity index (χ1v) is 3.24. The fourth-order valence-electron chi connectivity index (χ4n) is 0.762. The highest BCUT2D eigenvalue weighted by Gasteiger charge is 1.90. The molecule has 3 heteroatoms. The van der Waals surface area contributed by atoms with E-state index >= 15 is 0 Å². The van der Waals surface area contributed by atoms with Crippen LogP contribution in [0.4, 0.5) is 4.39 Å². The number of hydrogen-bond acceptors (Lipinski definition) is 1. The van der Waals surface area contributed by atoms with Crippen molar-refractivity contribution in [3.63, 3.8) is 0 Å². The molecule has 0 aliphatic carbocycles. The van der Waals surface area contributed by atoms with Gasteiger partial charge in [-0.15, -0.1) is 0 Å². The lowest BCUT2D eigenvalue weighted by Gasteiger charge is -1.97. The van der Waals surface area contributed by atoms with Crippen LogP contribution >= 0.6 is 0 Å². The zero-order chi connectivity index (χ0) is 8.10. The first kappa shape index (κ1) is 7.72. The molecule has 1 amide bonds. The van der Waals surface area contributed by atoms with Gasteiger partial charge in [0, 0.05) is 6.54 Å². The molecule has 0 unspecified atom stereocenters. The topological polar surface area (TPSA) is 29.1 Å². The standard InChI is InChI=1S/C8H8FNO/c9-8-3-1-7(2-4-8)5-10-6-11/h1-4,6H,5H2,(H,10,11). The molecule has 2 nitrogen and oxygen atoms in total. The Bertz CT molecular complexity index is 232. The van der Waals surface area contributed by atoms with Crippen LogP contribution in [-0.2, 0) is 11.3 Å². The maximum absolute atomic E-state index is 12.3. The summed E-state index contributed by atoms with van der Waals surface area (Å²) in [5.41, 5.74) is 0.888. The van der Waals surface area contributed by atoms with Gasteiger partial charge in [0.1, 0.15) is 5.82 Å². The smallest absolute Gasteiger partial charge is 0.207 e. The van der Waals surface area contributed by atoms with Gasteiger partial charge in [-0.1, -0.05) is 12.1 Å². The second-order valence-electron chi connectivity index (χ2n) is 2.13. The van der Waals surface area contributed by atoms with Gasteiger partial charge in [-0.25, -0.2) is 4.39 Å². The van der Waals surface area contributed by atoms with Crippen LogP contribution in [0.3, 0.4) is 0 Å². The van der Waals surface area contributed by atoms with Crippen LogP contribution in [0.2, 0.25) is 0 Å². The molecule has 11 heavy (non-hydrogen) atoms. The van der Waals surface area contributed by atoms with E-state index in [0.717, 1.165) is 5.56 Å². The number of nitrogens with one attached hydrogen (secondary N) is 1. The van der Waals surface area contributed by atoms with Gasteiger partial charge in [0.15, 0.2) is 0 Å². The Balaban J connectivity index is 2.58. The lowest BCUT2D eigenvalue weighted by atomic mass is 10.2. The highest BCUT2D eigenvalue weighted by molar-refractivity contribution is 5.46. The number of rotatable bonds is 3. The molecular weight excluding hydrogens is 145 g/mol. The Morgan fingerprint density at radius 2 is 2.00 bits per heavy atom. The Kier molecular flexibility index (Phi) is 2.60. The van der Waals surface area contributed by atoms with Gasteiger partial charge in [-0.2, -0.15) is 0 Å². The van der Waals surface area contributed by atoms with Crippen LogP contribution in [0.25, 0.3) is 0 Å². The van der Waals surface area contributed by atoms with Crippen molar-refractivity contribution >= 4 is 6.41 Å². The first-order valence-electron chi connectivity index (χ1n) is 3.24. The van der Waals surface area contributed by atoms with Crippen molar-refractivity contribution in [1.82, 2.24) is 5.32 Å². The molecule has 0 atom stereocenters. The minimum Gasteiger partial charge on any atom is -0.355 e. The summed E-state index contributed by atoms with van der Waals surface area (Å²) in [6, 6.07) is 5.99. The van der Waals surface area contributed by atoms with Crippen molar-refractivity contribution in [2.75, 3.05) is 0 Å². The monoisotopic (exact) mass is 153 g/mol. The molecule has 58 valence electrons. The summed E-state index contributed by atoms with van der Waals surface area (Å²) in [5.74, 6) is -0.264. The summed E-state index contributed by atoms with van der Waals surface area (Å²) in [4.78, 5) is 9.86. The fraction of sp³-hybridized carbons (Fsp3) is 0.125. The Morgan fingerprint density at radius 1 is 1.36 bits per heavy atom. The number of amides is 1. The highest BCUT2D eigenvalue weighted by Crippen LogP contribution is 2.01. The summed E-state index contributed by atoms with van der Waals surface area (Å²) in [6.07, 6.45) is 0.614. The van der Waals surface area contributed by atoms with Crippen LogP contribution in [-0.4, -0.2) is 6.41 Å². The van der Waals surface area contributed by atoms with Crippen molar-refractivity contribution in [1.29, 1.82) is 0 Å². The maximum atomic E-state index is 12.3. The molecule has 1 aromatic rings. The Morgan fingerprint density at radius 3 is 2.55 bits per heavy atom. The van der Waals surface area contributed by atoms with Crippen molar-refractivity contribution in [3.05, 3.63) is 35.6 Å². The molecule has 0 fully saturated rings. The number of hydrogen-bond donors (Lipinski definition) is 1. The van der Waals surface area contributed by atoms with E-state index in [1.807, 2.05) is 0 Å². The van der Waals surface area contributed by atoms with Crippen LogP contribution in [0.5, 0.6) is 0 Å². The van der Waals surface area contributed by atoms with Crippen molar-refractivity contribution in [2.24, 2.45) is 0 Å². The van der Waals surface area contributed by atoms with E-state index in [0.29, 0.717) is 13.0 Å². The van der Waals surface area contributed by atoms with Crippen LogP contribution < -0.4 is 5.32 Å². The van der Waals surface area contributed by atoms with Gasteiger partial charge >= 0.3 is 0 Å². The molecule has 0 saturated heterocycles. The van der Waals surface area contributed by atoms with Crippen molar-refractivity contribution < 1.29 is 9.18 Å². The van der Waals surface area contributed by atoms with Crippen LogP contribution in [0, 0.1) is 5.82 Å². The molecule has 1 aromatic carbocycles. The number of carbonyl (C=O) groups is 1. The predicted molar refractivity (Wildman–Crippen MR) is 39.3 cm³/mol. The lowest BCUT2D eigenvalue weighted by Crippen LogP contribution is -2.09. The van der Waals surface area contributed by atoms with Gasteiger partial charge in [0.2, 0.25) is 6.41 Å². The third kappa shape index (κ3) is 2.37. The van der Waals surface area contributed by atoms with Gasteiger partial charge < -0.3 is 5.32 Å². The molecule has 0 radical (unpaired) electrons. The molecule has 0 bridgehead atoms. The molecule has 0 aliphatic heterocycles. The molecule has 1 N–H and O–H groups in total. The highest BCUT2D eigenvalue weighted by atomic mass is 19.1. The molecule has 0 aromatic heterocycles. The molecule has 1 rings (SSSR count). The van der Waals surface area contributed by atoms with E-state index in [1.165, 1.54) is 12.1 Å². The third-order valence-electron chi connectivity index (χ3n) is 1.30. The predicted octanol–water partition coefficient (Wildman–Crippen LogP) is 1.07. The van der Waals surface area contributed by atoms with Gasteiger partial charge in [-0.3, -0.25) is 4.79 Å². The maximum Gasteiger partial charge on any atom is 0.207 e. The zero-order valence-electron chi connectivity index (χ0n) is 5.88. The summed E-state index contributed by atoms with van der Waals surface area (Å²) >= 11 is 0. The quantitative estimate of drug-likeness (QED) is 0.646. The largest absolute Gasteiger partial charge is 0.355 e. The van der Waals surface area contributed by atoms with Crippen molar-refractivity contribution in [3.8, 4) is 0 Å². The zero-order valence-corrected chi connectivity index (χ0v) is 5.88. The number of carbonyl (C=O) groups excluding carboxylic acids is 1. The number of halogens is 1. The van der Waals surface area contributed by atoms with E-state index < -0.39 is 0 Å². The summed E-state index contributed by atoms with van der Waals surface area (Å²) in [7, 11) is 0. The van der Waals surface area contributed by atoms with E-state index in [-0.39, 0.29) is 5.82 Å². The van der Waals surface area contributed by atoms with E-state index in [4.69, 9.17) is 0 Å². The Hall–Kier alpha value is -1.38. The SMILES string of the molecule is O=CNCc1ccc(F)cc1. The molecule has 0 spiro atoms. The summed E-state index contributed by atoms with van der Waals surface area (Å²) < 4.78 is 12.3. The minimum absolute atomic E-state index is 0.264. The summed E-state index contributed by atoms with van der Waals surface area (Å²) in [6.45, 7) is 0.448. The van der Waals surface area contributed by atoms with E-state index in [9.17, 15) is 9.18 Å². The van der Waals surface area contributed by atoms with E-state index in [2.05, 4.69) is 5.32 Å². The average molecular weight is 153 g/mol. The van der Waals surface area contributed by atoms with Crippen LogP contribution in [0.1, 0.15) is 5.56 Å². The first-order chi connectivity index (χ1) is 5.33. The molecular formula is C8H8FNO.